The van der Waals surface area contributed by atoms with Crippen molar-refractivity contribution in [2.75, 3.05) is 18.4 Å². The van der Waals surface area contributed by atoms with E-state index in [1.165, 1.54) is 11.0 Å². The summed E-state index contributed by atoms with van der Waals surface area (Å²) in [6, 6.07) is 5.91. The molecule has 0 bridgehead atoms. The van der Waals surface area contributed by atoms with Crippen molar-refractivity contribution in [3.8, 4) is 0 Å². The summed E-state index contributed by atoms with van der Waals surface area (Å²) in [5.74, 6) is -1.39. The van der Waals surface area contributed by atoms with Gasteiger partial charge in [-0.15, -0.1) is 0 Å². The Morgan fingerprint density at radius 2 is 2.00 bits per heavy atom. The molecular formula is C14H19N3O5. The molecule has 0 spiro atoms. The molecule has 0 heterocycles. The molecule has 8 nitrogen and oxygen atoms in total. The zero-order valence-corrected chi connectivity index (χ0v) is 12.5. The minimum Gasteiger partial charge on any atom is -0.480 e. The van der Waals surface area contributed by atoms with E-state index in [-0.39, 0.29) is 37.1 Å². The van der Waals surface area contributed by atoms with Crippen LogP contribution in [0.2, 0.25) is 0 Å². The van der Waals surface area contributed by atoms with E-state index in [1.807, 2.05) is 0 Å². The summed E-state index contributed by atoms with van der Waals surface area (Å²) in [7, 11) is 0. The zero-order chi connectivity index (χ0) is 16.7. The van der Waals surface area contributed by atoms with Crippen molar-refractivity contribution in [1.82, 2.24) is 4.90 Å². The van der Waals surface area contributed by atoms with Crippen LogP contribution in [0.3, 0.4) is 0 Å². The zero-order valence-electron chi connectivity index (χ0n) is 12.5. The van der Waals surface area contributed by atoms with E-state index in [9.17, 15) is 19.7 Å². The summed E-state index contributed by atoms with van der Waals surface area (Å²) in [5, 5.41) is 22.5. The second-order valence-corrected chi connectivity index (χ2v) is 4.96. The first kappa shape index (κ1) is 17.4. The van der Waals surface area contributed by atoms with Crippen LogP contribution in [0, 0.1) is 10.1 Å². The molecule has 0 aromatic heterocycles. The molecule has 22 heavy (non-hydrogen) atoms. The van der Waals surface area contributed by atoms with Crippen molar-refractivity contribution in [3.63, 3.8) is 0 Å². The Hall–Kier alpha value is -2.64. The van der Waals surface area contributed by atoms with E-state index in [1.54, 1.807) is 32.0 Å². The molecule has 2 N–H and O–H groups in total. The number of hydrogen-bond donors (Lipinski definition) is 2. The molecule has 120 valence electrons. The Kier molecular flexibility index (Phi) is 6.30. The second kappa shape index (κ2) is 7.96. The molecule has 0 radical (unpaired) electrons. The molecule has 1 aromatic carbocycles. The summed E-state index contributed by atoms with van der Waals surface area (Å²) in [4.78, 5) is 34.4. The van der Waals surface area contributed by atoms with Crippen LogP contribution in [-0.2, 0) is 9.59 Å². The van der Waals surface area contributed by atoms with Crippen LogP contribution in [0.25, 0.3) is 0 Å². The number of nitrogens with zero attached hydrogens (tertiary/aromatic N) is 2. The van der Waals surface area contributed by atoms with Crippen LogP contribution in [-0.4, -0.2) is 45.9 Å². The third kappa shape index (κ3) is 5.04. The van der Waals surface area contributed by atoms with Gasteiger partial charge in [0, 0.05) is 25.1 Å². The van der Waals surface area contributed by atoms with Crippen molar-refractivity contribution in [3.05, 3.63) is 34.4 Å². The first-order valence-corrected chi connectivity index (χ1v) is 6.81. The minimum atomic E-state index is -1.08. The molecule has 0 aliphatic heterocycles. The van der Waals surface area contributed by atoms with Gasteiger partial charge in [0.05, 0.1) is 4.92 Å². The SMILES string of the molecule is CC(C)N(CC(=O)O)C(=O)CCNc1ccccc1[N+](=O)[O-]. The number of nitrogens with one attached hydrogen (secondary N) is 1. The maximum Gasteiger partial charge on any atom is 0.323 e. The molecule has 0 unspecified atom stereocenters. The standard InChI is InChI=1S/C14H19N3O5/c1-10(2)16(9-14(19)20)13(18)7-8-15-11-5-3-4-6-12(11)17(21)22/h3-6,10,15H,7-9H2,1-2H3,(H,19,20). The van der Waals surface area contributed by atoms with Crippen LogP contribution < -0.4 is 5.32 Å². The van der Waals surface area contributed by atoms with Crippen molar-refractivity contribution in [2.45, 2.75) is 26.3 Å². The number of carbonyl (C=O) groups is 2. The van der Waals surface area contributed by atoms with Gasteiger partial charge in [0.25, 0.3) is 5.69 Å². The molecule has 0 aliphatic carbocycles. The number of aliphatic carboxylic acids is 1. The monoisotopic (exact) mass is 309 g/mol. The molecule has 0 atom stereocenters. The molecule has 8 heteroatoms. The summed E-state index contributed by atoms with van der Waals surface area (Å²) < 4.78 is 0. The van der Waals surface area contributed by atoms with Crippen LogP contribution >= 0.6 is 0 Å². The third-order valence-corrected chi connectivity index (χ3v) is 3.00. The topological polar surface area (TPSA) is 113 Å². The lowest BCUT2D eigenvalue weighted by Gasteiger charge is -2.25. The predicted molar refractivity (Wildman–Crippen MR) is 80.7 cm³/mol. The Balaban J connectivity index is 2.61. The summed E-state index contributed by atoms with van der Waals surface area (Å²) in [6.45, 7) is 3.29. The smallest absolute Gasteiger partial charge is 0.323 e. The molecule has 0 fully saturated rings. The number of rotatable bonds is 8. The fraction of sp³-hybridized carbons (Fsp3) is 0.429. The van der Waals surface area contributed by atoms with Gasteiger partial charge in [0.15, 0.2) is 0 Å². The fourth-order valence-electron chi connectivity index (χ4n) is 1.93. The molecule has 0 saturated heterocycles. The number of nitro benzene ring substituents is 1. The quantitative estimate of drug-likeness (QED) is 0.558. The Labute approximate surface area is 127 Å². The van der Waals surface area contributed by atoms with Crippen LogP contribution in [0.1, 0.15) is 20.3 Å². The molecule has 0 saturated carbocycles. The highest BCUT2D eigenvalue weighted by Gasteiger charge is 2.19. The van der Waals surface area contributed by atoms with Gasteiger partial charge >= 0.3 is 5.97 Å². The van der Waals surface area contributed by atoms with Gasteiger partial charge in [-0.25, -0.2) is 0 Å². The second-order valence-electron chi connectivity index (χ2n) is 4.96. The number of carbonyl (C=O) groups excluding carboxylic acids is 1. The van der Waals surface area contributed by atoms with E-state index in [2.05, 4.69) is 5.32 Å². The van der Waals surface area contributed by atoms with Crippen molar-refractivity contribution in [2.24, 2.45) is 0 Å². The summed E-state index contributed by atoms with van der Waals surface area (Å²) in [6.07, 6.45) is 0.0531. The number of nitro groups is 1. The van der Waals surface area contributed by atoms with E-state index < -0.39 is 10.9 Å². The molecule has 0 aliphatic rings. The lowest BCUT2D eigenvalue weighted by atomic mass is 10.2. The number of carboxylic acid groups (broad SMARTS) is 1. The van der Waals surface area contributed by atoms with Crippen LogP contribution in [0.15, 0.2) is 24.3 Å². The fourth-order valence-corrected chi connectivity index (χ4v) is 1.93. The lowest BCUT2D eigenvalue weighted by molar-refractivity contribution is -0.384. The van der Waals surface area contributed by atoms with Crippen molar-refractivity contribution < 1.29 is 19.6 Å². The first-order chi connectivity index (χ1) is 10.3. The maximum atomic E-state index is 12.0. The van der Waals surface area contributed by atoms with Gasteiger partial charge in [-0.2, -0.15) is 0 Å². The number of amides is 1. The summed E-state index contributed by atoms with van der Waals surface area (Å²) in [5.41, 5.74) is 0.260. The summed E-state index contributed by atoms with van der Waals surface area (Å²) >= 11 is 0. The number of anilines is 1. The molecule has 1 aromatic rings. The predicted octanol–water partition coefficient (Wildman–Crippen LogP) is 1.72. The normalized spacial score (nSPS) is 10.3. The van der Waals surface area contributed by atoms with Crippen molar-refractivity contribution >= 4 is 23.3 Å². The highest BCUT2D eigenvalue weighted by molar-refractivity contribution is 5.82. The number of para-hydroxylation sites is 2. The number of hydrogen-bond acceptors (Lipinski definition) is 5. The Bertz CT molecular complexity index is 559. The van der Waals surface area contributed by atoms with E-state index in [0.717, 1.165) is 0 Å². The van der Waals surface area contributed by atoms with E-state index in [0.29, 0.717) is 5.69 Å². The first-order valence-electron chi connectivity index (χ1n) is 6.81. The van der Waals surface area contributed by atoms with Gasteiger partial charge in [-0.1, -0.05) is 12.1 Å². The minimum absolute atomic E-state index is 0.0531. The number of benzene rings is 1. The van der Waals surface area contributed by atoms with Gasteiger partial charge in [0.1, 0.15) is 12.2 Å². The molecule has 1 amide bonds. The molecular weight excluding hydrogens is 290 g/mol. The van der Waals surface area contributed by atoms with Gasteiger partial charge < -0.3 is 15.3 Å². The highest BCUT2D eigenvalue weighted by Crippen LogP contribution is 2.22. The van der Waals surface area contributed by atoms with Gasteiger partial charge in [-0.05, 0) is 19.9 Å². The number of carboxylic acids is 1. The average Bonchev–Trinajstić information content (AvgIpc) is 2.44. The third-order valence-electron chi connectivity index (χ3n) is 3.00. The van der Waals surface area contributed by atoms with Crippen LogP contribution in [0.4, 0.5) is 11.4 Å². The highest BCUT2D eigenvalue weighted by atomic mass is 16.6. The van der Waals surface area contributed by atoms with Gasteiger partial charge in [0.2, 0.25) is 5.91 Å². The Morgan fingerprint density at radius 3 is 2.55 bits per heavy atom. The average molecular weight is 309 g/mol. The van der Waals surface area contributed by atoms with E-state index >= 15 is 0 Å². The Morgan fingerprint density at radius 1 is 1.36 bits per heavy atom. The maximum absolute atomic E-state index is 12.0. The van der Waals surface area contributed by atoms with Gasteiger partial charge in [-0.3, -0.25) is 19.7 Å². The van der Waals surface area contributed by atoms with E-state index in [4.69, 9.17) is 5.11 Å². The van der Waals surface area contributed by atoms with Crippen molar-refractivity contribution in [1.29, 1.82) is 0 Å². The largest absolute Gasteiger partial charge is 0.480 e. The lowest BCUT2D eigenvalue weighted by Crippen LogP contribution is -2.41. The van der Waals surface area contributed by atoms with Crippen LogP contribution in [0.5, 0.6) is 0 Å². The molecule has 1 rings (SSSR count).